The highest BCUT2D eigenvalue weighted by Gasteiger charge is 2.29. The lowest BCUT2D eigenvalue weighted by Gasteiger charge is -2.29. The van der Waals surface area contributed by atoms with Crippen LogP contribution < -0.4 is 9.47 Å². The molecule has 2 saturated heterocycles. The quantitative estimate of drug-likeness (QED) is 0.0340. The van der Waals surface area contributed by atoms with Gasteiger partial charge in [0, 0.05) is 30.4 Å². The number of benzene rings is 3. The molecule has 4 heterocycles. The van der Waals surface area contributed by atoms with Crippen molar-refractivity contribution in [2.75, 3.05) is 65.9 Å². The highest BCUT2D eigenvalue weighted by molar-refractivity contribution is 6.14. The lowest BCUT2D eigenvalue weighted by Crippen LogP contribution is -2.35. The van der Waals surface area contributed by atoms with Gasteiger partial charge in [-0.25, -0.2) is 9.59 Å². The van der Waals surface area contributed by atoms with E-state index in [1.165, 1.54) is 44.1 Å². The van der Waals surface area contributed by atoms with Gasteiger partial charge in [0.05, 0.1) is 38.3 Å². The minimum absolute atomic E-state index is 0.0237. The average molecular weight is 1030 g/mol. The number of ether oxygens (including phenoxy) is 8. The molecule has 0 bridgehead atoms. The largest absolute Gasteiger partial charge is 0.508 e. The monoisotopic (exact) mass is 1030 g/mol. The third-order valence-electron chi connectivity index (χ3n) is 14.0. The van der Waals surface area contributed by atoms with Crippen LogP contribution in [-0.2, 0) is 70.0 Å². The van der Waals surface area contributed by atoms with E-state index in [1.54, 1.807) is 6.07 Å². The number of hydrogen-bond donors (Lipinski definition) is 0. The van der Waals surface area contributed by atoms with E-state index in [0.29, 0.717) is 48.7 Å². The fourth-order valence-electron chi connectivity index (χ4n) is 9.96. The van der Waals surface area contributed by atoms with Crippen LogP contribution >= 0.6 is 0 Å². The third kappa shape index (κ3) is 15.1. The Labute approximate surface area is 435 Å². The van der Waals surface area contributed by atoms with E-state index in [2.05, 4.69) is 43.3 Å². The Morgan fingerprint density at radius 3 is 1.45 bits per heavy atom. The van der Waals surface area contributed by atoms with Gasteiger partial charge in [0.1, 0.15) is 51.0 Å². The van der Waals surface area contributed by atoms with Crippen LogP contribution in [0.25, 0.3) is 22.3 Å². The number of imide groups is 2. The lowest BCUT2D eigenvalue weighted by molar-refractivity contribution is -0.151. The molecule has 3 fully saturated rings. The van der Waals surface area contributed by atoms with Gasteiger partial charge in [0.15, 0.2) is 0 Å². The van der Waals surface area contributed by atoms with Gasteiger partial charge in [-0.05, 0) is 114 Å². The maximum absolute atomic E-state index is 12.9. The molecule has 0 unspecified atom stereocenters. The smallest absolute Gasteiger partial charge is 0.493 e. The second kappa shape index (κ2) is 26.1. The van der Waals surface area contributed by atoms with Crippen molar-refractivity contribution in [3.8, 4) is 33.8 Å². The number of carbonyl (C=O) groups is 8. The van der Waals surface area contributed by atoms with Crippen molar-refractivity contribution in [3.05, 3.63) is 95.6 Å². The highest BCUT2D eigenvalue weighted by Crippen LogP contribution is 2.41. The summed E-state index contributed by atoms with van der Waals surface area (Å²) < 4.78 is 44.3. The average Bonchev–Trinajstić information content (AvgIpc) is 3.91. The Balaban J connectivity index is 1.11. The first-order valence-corrected chi connectivity index (χ1v) is 26.0. The SMILES string of the molecule is CCCCCC1CCC(c2ccc(-c3cc(CCCOC(=O)CN4C(=O)C=CC4=O)c(-c4cc(OCC5COC(=O)OC5)cc(OCC5COC(=O)OC5)c4)c(CCCOC(=O)CN4C(=O)C=CC4=O)c3)cc2)CC1. The summed E-state index contributed by atoms with van der Waals surface area (Å²) in [5, 5.41) is 0. The summed E-state index contributed by atoms with van der Waals surface area (Å²) in [6.45, 7) is 1.88. The second-order valence-corrected chi connectivity index (χ2v) is 19.6. The molecule has 0 aromatic heterocycles. The van der Waals surface area contributed by atoms with Crippen molar-refractivity contribution in [1.82, 2.24) is 9.80 Å². The minimum Gasteiger partial charge on any atom is -0.493 e. The number of rotatable bonds is 25. The maximum Gasteiger partial charge on any atom is 0.508 e. The molecule has 18 nitrogen and oxygen atoms in total. The van der Waals surface area contributed by atoms with Crippen molar-refractivity contribution in [2.45, 2.75) is 89.9 Å². The van der Waals surface area contributed by atoms with E-state index >= 15 is 0 Å². The van der Waals surface area contributed by atoms with Crippen molar-refractivity contribution in [2.24, 2.45) is 17.8 Å². The molecule has 398 valence electrons. The van der Waals surface area contributed by atoms with Gasteiger partial charge in [0.25, 0.3) is 23.6 Å². The Morgan fingerprint density at radius 1 is 0.533 bits per heavy atom. The number of carbonyl (C=O) groups excluding carboxylic acids is 8. The lowest BCUT2D eigenvalue weighted by atomic mass is 9.77. The first-order chi connectivity index (χ1) is 36.4. The van der Waals surface area contributed by atoms with Gasteiger partial charge in [-0.15, -0.1) is 0 Å². The topological polar surface area (TPSA) is 217 Å². The molecule has 8 rings (SSSR count). The normalized spacial score (nSPS) is 18.9. The van der Waals surface area contributed by atoms with Gasteiger partial charge in [-0.1, -0.05) is 69.0 Å². The number of cyclic esters (lactones) is 4. The molecule has 0 spiro atoms. The van der Waals surface area contributed by atoms with Crippen LogP contribution in [0.4, 0.5) is 9.59 Å². The molecule has 18 heteroatoms. The zero-order valence-electron chi connectivity index (χ0n) is 42.3. The molecule has 1 saturated carbocycles. The first kappa shape index (κ1) is 53.8. The van der Waals surface area contributed by atoms with Crippen molar-refractivity contribution in [3.63, 3.8) is 0 Å². The fraction of sp³-hybridized carbons (Fsp3) is 0.474. The molecule has 1 aliphatic carbocycles. The zero-order chi connectivity index (χ0) is 52.7. The molecular formula is C57H64N2O16. The van der Waals surface area contributed by atoms with Crippen molar-refractivity contribution >= 4 is 47.9 Å². The Kier molecular flexibility index (Phi) is 18.7. The molecule has 5 aliphatic rings. The molecule has 0 radical (unpaired) electrons. The molecule has 0 N–H and O–H groups in total. The van der Waals surface area contributed by atoms with E-state index in [9.17, 15) is 38.4 Å². The summed E-state index contributed by atoms with van der Waals surface area (Å²) in [4.78, 5) is 99.4. The van der Waals surface area contributed by atoms with Crippen LogP contribution in [0.15, 0.2) is 78.9 Å². The van der Waals surface area contributed by atoms with E-state index in [-0.39, 0.29) is 64.7 Å². The Morgan fingerprint density at radius 2 is 1.00 bits per heavy atom. The van der Waals surface area contributed by atoms with Gasteiger partial charge in [0.2, 0.25) is 0 Å². The van der Waals surface area contributed by atoms with Crippen LogP contribution in [0.5, 0.6) is 11.5 Å². The summed E-state index contributed by atoms with van der Waals surface area (Å²) >= 11 is 0. The minimum atomic E-state index is -0.746. The molecule has 75 heavy (non-hydrogen) atoms. The predicted molar refractivity (Wildman–Crippen MR) is 269 cm³/mol. The Bertz CT molecular complexity index is 2460. The molecule has 3 aromatic rings. The van der Waals surface area contributed by atoms with Gasteiger partial charge >= 0.3 is 24.2 Å². The predicted octanol–water partition coefficient (Wildman–Crippen LogP) is 8.00. The van der Waals surface area contributed by atoms with Crippen LogP contribution in [0, 0.1) is 17.8 Å². The fourth-order valence-corrected chi connectivity index (χ4v) is 9.96. The van der Waals surface area contributed by atoms with Crippen molar-refractivity contribution in [1.29, 1.82) is 0 Å². The maximum atomic E-state index is 12.9. The van der Waals surface area contributed by atoms with Gasteiger partial charge < -0.3 is 37.9 Å². The summed E-state index contributed by atoms with van der Waals surface area (Å²) in [5.74, 6) is -2.19. The third-order valence-corrected chi connectivity index (χ3v) is 14.0. The van der Waals surface area contributed by atoms with Crippen LogP contribution in [0.2, 0.25) is 0 Å². The molecule has 0 atom stereocenters. The van der Waals surface area contributed by atoms with E-state index in [1.807, 2.05) is 12.1 Å². The molecular weight excluding hydrogens is 969 g/mol. The van der Waals surface area contributed by atoms with E-state index in [0.717, 1.165) is 80.7 Å². The van der Waals surface area contributed by atoms with E-state index in [4.69, 9.17) is 37.9 Å². The van der Waals surface area contributed by atoms with Crippen LogP contribution in [0.1, 0.15) is 93.7 Å². The summed E-state index contributed by atoms with van der Waals surface area (Å²) in [7, 11) is 0. The zero-order valence-corrected chi connectivity index (χ0v) is 42.3. The second-order valence-electron chi connectivity index (χ2n) is 19.6. The summed E-state index contributed by atoms with van der Waals surface area (Å²) in [6, 6.07) is 18.5. The summed E-state index contributed by atoms with van der Waals surface area (Å²) in [5.41, 5.74) is 6.46. The standard InChI is InChI=1S/C57H64N2O16/c1-2-3-4-7-37-10-12-40(13-11-37)41-14-16-42(17-15-41)45-24-43(8-5-22-68-53(64)29-58-49(60)18-19-50(58)61)55(44(25-45)9-6-23-69-54(65)30-59-51(62)20-21-52(59)63)46-26-47(70-31-38-33-72-56(66)73-34-38)28-48(27-46)71-32-39-35-74-57(67)75-36-39/h14-21,24-28,37-40H,2-13,22-23,29-36H2,1H3. The number of unbranched alkanes of at least 4 members (excludes halogenated alkanes) is 2. The van der Waals surface area contributed by atoms with Crippen LogP contribution in [-0.4, -0.2) is 124 Å². The molecule has 4 amide bonds. The van der Waals surface area contributed by atoms with Crippen LogP contribution in [0.3, 0.4) is 0 Å². The summed E-state index contributed by atoms with van der Waals surface area (Å²) in [6.07, 6.45) is 14.3. The Hall–Kier alpha value is -7.50. The number of amides is 4. The number of nitrogens with zero attached hydrogens (tertiary/aromatic N) is 2. The van der Waals surface area contributed by atoms with Gasteiger partial charge in [-0.2, -0.15) is 0 Å². The first-order valence-electron chi connectivity index (χ1n) is 26.0. The number of hydrogen-bond acceptors (Lipinski definition) is 16. The number of aryl methyl sites for hydroxylation is 2. The van der Waals surface area contributed by atoms with E-state index < -0.39 is 61.0 Å². The van der Waals surface area contributed by atoms with Crippen molar-refractivity contribution < 1.29 is 76.3 Å². The molecule has 4 aliphatic heterocycles. The number of esters is 2. The molecule has 3 aromatic carbocycles. The highest BCUT2D eigenvalue weighted by atomic mass is 16.7. The van der Waals surface area contributed by atoms with Gasteiger partial charge in [-0.3, -0.25) is 38.6 Å².